The molecule has 8 nitrogen and oxygen atoms in total. The van der Waals surface area contributed by atoms with Gasteiger partial charge in [-0.15, -0.1) is 5.10 Å². The third-order valence-corrected chi connectivity index (χ3v) is 4.81. The molecule has 144 valence electrons. The monoisotopic (exact) mass is 374 g/mol. The fourth-order valence-corrected chi connectivity index (χ4v) is 3.36. The fourth-order valence-electron chi connectivity index (χ4n) is 3.36. The number of aryl methyl sites for hydroxylation is 1. The van der Waals surface area contributed by atoms with Crippen molar-refractivity contribution in [3.8, 4) is 0 Å². The summed E-state index contributed by atoms with van der Waals surface area (Å²) in [5.41, 5.74) is 0.698. The average Bonchev–Trinajstić information content (AvgIpc) is 2.91. The van der Waals surface area contributed by atoms with E-state index in [0.717, 1.165) is 0 Å². The maximum atomic E-state index is 13.6. The van der Waals surface area contributed by atoms with Gasteiger partial charge in [0.2, 0.25) is 11.8 Å². The van der Waals surface area contributed by atoms with Gasteiger partial charge in [0.25, 0.3) is 0 Å². The Hall–Kier alpha value is -2.84. The second-order valence-corrected chi connectivity index (χ2v) is 6.71. The molecule has 0 radical (unpaired) electrons. The van der Waals surface area contributed by atoms with Gasteiger partial charge in [0, 0.05) is 39.5 Å². The Morgan fingerprint density at radius 1 is 1.19 bits per heavy atom. The van der Waals surface area contributed by atoms with Gasteiger partial charge >= 0.3 is 0 Å². The van der Waals surface area contributed by atoms with Crippen LogP contribution in [0.1, 0.15) is 30.8 Å². The molecule has 0 unspecified atom stereocenters. The van der Waals surface area contributed by atoms with E-state index in [0.29, 0.717) is 44.0 Å². The summed E-state index contributed by atoms with van der Waals surface area (Å²) in [7, 11) is 0. The Morgan fingerprint density at radius 3 is 2.59 bits per heavy atom. The summed E-state index contributed by atoms with van der Waals surface area (Å²) < 4.78 is 15.1. The topological polar surface area (TPSA) is 84.2 Å². The van der Waals surface area contributed by atoms with Crippen LogP contribution in [-0.2, 0) is 16.0 Å². The van der Waals surface area contributed by atoms with E-state index in [4.69, 9.17) is 0 Å². The van der Waals surface area contributed by atoms with E-state index in [1.165, 1.54) is 23.7 Å². The lowest BCUT2D eigenvalue weighted by atomic mass is 10.0. The largest absolute Gasteiger partial charge is 0.341 e. The van der Waals surface area contributed by atoms with E-state index in [1.54, 1.807) is 28.9 Å². The highest BCUT2D eigenvalue weighted by atomic mass is 19.1. The van der Waals surface area contributed by atoms with Crippen molar-refractivity contribution < 1.29 is 14.0 Å². The molecule has 1 aliphatic rings. The molecule has 1 aromatic carbocycles. The Labute approximate surface area is 156 Å². The maximum Gasteiger partial charge on any atom is 0.247 e. The quantitative estimate of drug-likeness (QED) is 0.797. The van der Waals surface area contributed by atoms with Gasteiger partial charge < -0.3 is 9.80 Å². The molecule has 27 heavy (non-hydrogen) atoms. The van der Waals surface area contributed by atoms with Gasteiger partial charge in [-0.3, -0.25) is 9.59 Å². The molecule has 3 rings (SSSR count). The zero-order valence-electron chi connectivity index (χ0n) is 15.5. The highest BCUT2D eigenvalue weighted by Gasteiger charge is 2.30. The molecule has 2 heterocycles. The molecule has 9 heteroatoms. The number of hydrogen-bond donors (Lipinski definition) is 0. The predicted molar refractivity (Wildman–Crippen MR) is 95.1 cm³/mol. The van der Waals surface area contributed by atoms with Crippen LogP contribution in [0, 0.1) is 12.7 Å². The van der Waals surface area contributed by atoms with E-state index < -0.39 is 6.04 Å². The summed E-state index contributed by atoms with van der Waals surface area (Å²) in [6.07, 6.45) is 1.00. The van der Waals surface area contributed by atoms with Crippen LogP contribution in [-0.4, -0.2) is 68.0 Å². The number of carbonyl (C=O) groups excluding carboxylic acids is 2. The van der Waals surface area contributed by atoms with E-state index in [9.17, 15) is 14.0 Å². The maximum absolute atomic E-state index is 13.6. The van der Waals surface area contributed by atoms with Crippen molar-refractivity contribution in [1.29, 1.82) is 0 Å². The van der Waals surface area contributed by atoms with Crippen molar-refractivity contribution in [2.75, 3.05) is 26.2 Å². The van der Waals surface area contributed by atoms with E-state index >= 15 is 0 Å². The first-order chi connectivity index (χ1) is 13.0. The zero-order chi connectivity index (χ0) is 19.4. The van der Waals surface area contributed by atoms with E-state index in [2.05, 4.69) is 15.5 Å². The number of tetrazole rings is 1. The SMILES string of the molecule is CC(=O)N1CCCN(C(=O)[C@@H](Cc2cccc(F)c2)n2nnnc2C)CC1. The molecule has 1 aliphatic heterocycles. The summed E-state index contributed by atoms with van der Waals surface area (Å²) in [5.74, 6) is 0.0564. The summed E-state index contributed by atoms with van der Waals surface area (Å²) in [4.78, 5) is 28.4. The normalized spacial score (nSPS) is 16.1. The summed E-state index contributed by atoms with van der Waals surface area (Å²) in [5, 5.41) is 11.5. The first-order valence-corrected chi connectivity index (χ1v) is 8.99. The fraction of sp³-hybridized carbons (Fsp3) is 0.500. The minimum atomic E-state index is -0.661. The molecule has 1 saturated heterocycles. The number of hydrogen-bond acceptors (Lipinski definition) is 5. The Kier molecular flexibility index (Phi) is 5.78. The van der Waals surface area contributed by atoms with E-state index in [1.807, 2.05) is 0 Å². The second-order valence-electron chi connectivity index (χ2n) is 6.71. The number of aromatic nitrogens is 4. The van der Waals surface area contributed by atoms with Crippen LogP contribution in [0.25, 0.3) is 0 Å². The zero-order valence-corrected chi connectivity index (χ0v) is 15.5. The molecule has 2 amide bonds. The van der Waals surface area contributed by atoms with Crippen LogP contribution in [0.3, 0.4) is 0 Å². The van der Waals surface area contributed by atoms with Crippen LogP contribution in [0.5, 0.6) is 0 Å². The Morgan fingerprint density at radius 2 is 1.93 bits per heavy atom. The number of amides is 2. The van der Waals surface area contributed by atoms with Crippen molar-refractivity contribution in [3.05, 3.63) is 41.5 Å². The lowest BCUT2D eigenvalue weighted by Gasteiger charge is -2.26. The van der Waals surface area contributed by atoms with Gasteiger partial charge in [0.15, 0.2) is 0 Å². The molecule has 0 spiro atoms. The smallest absolute Gasteiger partial charge is 0.247 e. The number of halogens is 1. The molecule has 0 N–H and O–H groups in total. The Bertz CT molecular complexity index is 824. The summed E-state index contributed by atoms with van der Waals surface area (Å²) in [6.45, 7) is 5.42. The first kappa shape index (κ1) is 18.9. The van der Waals surface area contributed by atoms with Gasteiger partial charge in [-0.2, -0.15) is 0 Å². The molecule has 1 atom stereocenters. The van der Waals surface area contributed by atoms with Crippen molar-refractivity contribution in [1.82, 2.24) is 30.0 Å². The number of benzene rings is 1. The average molecular weight is 374 g/mol. The third-order valence-electron chi connectivity index (χ3n) is 4.81. The van der Waals surface area contributed by atoms with Gasteiger partial charge in [0.1, 0.15) is 17.7 Å². The van der Waals surface area contributed by atoms with Crippen LogP contribution in [0.4, 0.5) is 4.39 Å². The van der Waals surface area contributed by atoms with Crippen LogP contribution in [0.15, 0.2) is 24.3 Å². The summed E-state index contributed by atoms with van der Waals surface area (Å²) in [6, 6.07) is 5.53. The predicted octanol–water partition coefficient (Wildman–Crippen LogP) is 0.985. The van der Waals surface area contributed by atoms with E-state index in [-0.39, 0.29) is 24.1 Å². The molecular weight excluding hydrogens is 351 g/mol. The number of carbonyl (C=O) groups is 2. The molecule has 0 saturated carbocycles. The van der Waals surface area contributed by atoms with Crippen LogP contribution >= 0.6 is 0 Å². The number of rotatable bonds is 4. The highest BCUT2D eigenvalue weighted by Crippen LogP contribution is 2.19. The molecule has 1 aromatic heterocycles. The summed E-state index contributed by atoms with van der Waals surface area (Å²) >= 11 is 0. The van der Waals surface area contributed by atoms with Gasteiger partial charge in [-0.25, -0.2) is 9.07 Å². The highest BCUT2D eigenvalue weighted by molar-refractivity contribution is 5.81. The molecule has 2 aromatic rings. The minimum Gasteiger partial charge on any atom is -0.341 e. The van der Waals surface area contributed by atoms with Gasteiger partial charge in [-0.05, 0) is 41.5 Å². The molecule has 0 bridgehead atoms. The first-order valence-electron chi connectivity index (χ1n) is 8.99. The van der Waals surface area contributed by atoms with Crippen molar-refractivity contribution >= 4 is 11.8 Å². The van der Waals surface area contributed by atoms with Crippen LogP contribution < -0.4 is 0 Å². The standard InChI is InChI=1S/C18H23FN6O2/c1-13-20-21-22-25(13)17(12-15-5-3-6-16(19)11-15)18(27)24-8-4-7-23(9-10-24)14(2)26/h3,5-6,11,17H,4,7-10,12H2,1-2H3/t17-/m1/s1. The van der Waals surface area contributed by atoms with Gasteiger partial charge in [-0.1, -0.05) is 12.1 Å². The Balaban J connectivity index is 1.83. The third kappa shape index (κ3) is 4.47. The van der Waals surface area contributed by atoms with Crippen LogP contribution in [0.2, 0.25) is 0 Å². The van der Waals surface area contributed by atoms with Gasteiger partial charge in [0.05, 0.1) is 0 Å². The van der Waals surface area contributed by atoms with Crippen molar-refractivity contribution in [3.63, 3.8) is 0 Å². The lowest BCUT2D eigenvalue weighted by Crippen LogP contribution is -2.41. The lowest BCUT2D eigenvalue weighted by molar-refractivity contribution is -0.135. The minimum absolute atomic E-state index is 0.0110. The second kappa shape index (κ2) is 8.24. The number of nitrogens with zero attached hydrogens (tertiary/aromatic N) is 6. The molecule has 1 fully saturated rings. The molecule has 0 aliphatic carbocycles. The molecular formula is C18H23FN6O2. The van der Waals surface area contributed by atoms with Crippen molar-refractivity contribution in [2.24, 2.45) is 0 Å². The van der Waals surface area contributed by atoms with Crippen molar-refractivity contribution in [2.45, 2.75) is 32.7 Å².